The lowest BCUT2D eigenvalue weighted by atomic mass is 9.68. The Bertz CT molecular complexity index is 637. The van der Waals surface area contributed by atoms with Gasteiger partial charge in [0, 0.05) is 11.6 Å². The molecule has 0 amide bonds. The summed E-state index contributed by atoms with van der Waals surface area (Å²) in [7, 11) is 0. The van der Waals surface area contributed by atoms with E-state index in [1.165, 1.54) is 37.8 Å². The highest BCUT2D eigenvalue weighted by Gasteiger charge is 2.31. The van der Waals surface area contributed by atoms with Crippen molar-refractivity contribution in [2.75, 3.05) is 0 Å². The van der Waals surface area contributed by atoms with Crippen LogP contribution in [0.25, 0.3) is 6.08 Å². The van der Waals surface area contributed by atoms with Crippen molar-refractivity contribution in [1.82, 2.24) is 0 Å². The molecule has 0 bridgehead atoms. The Balaban J connectivity index is 1.63. The van der Waals surface area contributed by atoms with Crippen LogP contribution in [0.15, 0.2) is 18.2 Å². The summed E-state index contributed by atoms with van der Waals surface area (Å²) in [4.78, 5) is 0. The van der Waals surface area contributed by atoms with Gasteiger partial charge in [-0.2, -0.15) is 13.2 Å². The number of alkyl halides is 3. The summed E-state index contributed by atoms with van der Waals surface area (Å²) in [6, 6.07) is 2.43. The van der Waals surface area contributed by atoms with Crippen LogP contribution in [-0.2, 0) is 0 Å². The zero-order chi connectivity index (χ0) is 19.6. The van der Waals surface area contributed by atoms with Crippen LogP contribution in [-0.4, -0.2) is 6.18 Å². The molecule has 1 aromatic rings. The van der Waals surface area contributed by atoms with E-state index in [9.17, 15) is 22.0 Å². The zero-order valence-electron chi connectivity index (χ0n) is 15.7. The molecule has 3 rings (SSSR count). The zero-order valence-corrected chi connectivity index (χ0v) is 15.7. The molecule has 0 nitrogen and oxygen atoms in total. The monoisotopic (exact) mass is 386 g/mol. The van der Waals surface area contributed by atoms with Crippen LogP contribution < -0.4 is 0 Å². The van der Waals surface area contributed by atoms with Crippen molar-refractivity contribution in [3.8, 4) is 0 Å². The molecule has 0 saturated heterocycles. The van der Waals surface area contributed by atoms with Crippen LogP contribution in [0.1, 0.15) is 75.3 Å². The SMILES string of the molecule is CC1CCC(C2CCC(c3cc(F)c(/C=C/C(F)(F)F)c(F)c3)CC2)CC1. The highest BCUT2D eigenvalue weighted by molar-refractivity contribution is 5.52. The summed E-state index contributed by atoms with van der Waals surface area (Å²) in [5.41, 5.74) is -0.0500. The van der Waals surface area contributed by atoms with Crippen LogP contribution in [0.3, 0.4) is 0 Å². The summed E-state index contributed by atoms with van der Waals surface area (Å²) in [5, 5.41) is 0. The second-order valence-electron chi connectivity index (χ2n) is 8.40. The molecule has 2 saturated carbocycles. The summed E-state index contributed by atoms with van der Waals surface area (Å²) in [6.07, 6.45) is 4.86. The fourth-order valence-corrected chi connectivity index (χ4v) is 4.86. The number of allylic oxidation sites excluding steroid dienone is 1. The number of rotatable bonds is 3. The molecule has 2 aliphatic carbocycles. The molecule has 0 radical (unpaired) electrons. The summed E-state index contributed by atoms with van der Waals surface area (Å²) in [6.45, 7) is 2.31. The number of halogens is 5. The van der Waals surface area contributed by atoms with E-state index >= 15 is 0 Å². The van der Waals surface area contributed by atoms with E-state index in [0.717, 1.165) is 37.5 Å². The van der Waals surface area contributed by atoms with Gasteiger partial charge in [0.15, 0.2) is 0 Å². The Morgan fingerprint density at radius 1 is 0.815 bits per heavy atom. The molecular formula is C22H27F5. The van der Waals surface area contributed by atoms with E-state index in [1.54, 1.807) is 0 Å². The molecule has 1 aromatic carbocycles. The minimum absolute atomic E-state index is 0.0911. The second kappa shape index (κ2) is 8.32. The number of benzene rings is 1. The van der Waals surface area contributed by atoms with Gasteiger partial charge in [-0.05, 0) is 86.0 Å². The molecule has 2 aliphatic rings. The minimum atomic E-state index is -4.59. The van der Waals surface area contributed by atoms with Crippen LogP contribution in [0.4, 0.5) is 22.0 Å². The lowest BCUT2D eigenvalue weighted by Crippen LogP contribution is -2.24. The number of hydrogen-bond donors (Lipinski definition) is 0. The molecule has 0 N–H and O–H groups in total. The molecule has 0 heterocycles. The van der Waals surface area contributed by atoms with Gasteiger partial charge in [0.1, 0.15) is 11.6 Å². The van der Waals surface area contributed by atoms with Crippen molar-refractivity contribution in [2.45, 2.75) is 70.4 Å². The van der Waals surface area contributed by atoms with Gasteiger partial charge in [-0.25, -0.2) is 8.78 Å². The predicted octanol–water partition coefficient (Wildman–Crippen LogP) is 7.64. The fraction of sp³-hybridized carbons (Fsp3) is 0.636. The number of hydrogen-bond acceptors (Lipinski definition) is 0. The van der Waals surface area contributed by atoms with Gasteiger partial charge in [-0.1, -0.05) is 19.8 Å². The first kappa shape index (κ1) is 20.3. The Kier molecular flexibility index (Phi) is 6.27. The van der Waals surface area contributed by atoms with E-state index in [2.05, 4.69) is 6.92 Å². The van der Waals surface area contributed by atoms with E-state index in [1.807, 2.05) is 0 Å². The van der Waals surface area contributed by atoms with Crippen molar-refractivity contribution in [2.24, 2.45) is 17.8 Å². The first-order chi connectivity index (χ1) is 12.7. The molecule has 0 aromatic heterocycles. The topological polar surface area (TPSA) is 0 Å². The van der Waals surface area contributed by atoms with E-state index in [4.69, 9.17) is 0 Å². The van der Waals surface area contributed by atoms with E-state index in [0.29, 0.717) is 17.6 Å². The third-order valence-electron chi connectivity index (χ3n) is 6.51. The summed E-state index contributed by atoms with van der Waals surface area (Å²) < 4.78 is 65.1. The molecule has 0 aliphatic heterocycles. The van der Waals surface area contributed by atoms with Crippen molar-refractivity contribution in [1.29, 1.82) is 0 Å². The molecule has 5 heteroatoms. The van der Waals surface area contributed by atoms with Crippen molar-refractivity contribution in [3.05, 3.63) is 41.0 Å². The van der Waals surface area contributed by atoms with Crippen LogP contribution in [0, 0.1) is 29.4 Å². The van der Waals surface area contributed by atoms with Gasteiger partial charge in [-0.15, -0.1) is 0 Å². The van der Waals surface area contributed by atoms with Crippen molar-refractivity contribution in [3.63, 3.8) is 0 Å². The third kappa shape index (κ3) is 5.32. The minimum Gasteiger partial charge on any atom is -0.206 e. The molecule has 0 spiro atoms. The molecular weight excluding hydrogens is 359 g/mol. The predicted molar refractivity (Wildman–Crippen MR) is 97.3 cm³/mol. The molecule has 150 valence electrons. The Labute approximate surface area is 157 Å². The molecule has 0 atom stereocenters. The van der Waals surface area contributed by atoms with E-state index in [-0.39, 0.29) is 12.0 Å². The lowest BCUT2D eigenvalue weighted by Gasteiger charge is -2.37. The van der Waals surface area contributed by atoms with Crippen LogP contribution in [0.2, 0.25) is 0 Å². The maximum atomic E-state index is 14.2. The largest absolute Gasteiger partial charge is 0.409 e. The van der Waals surface area contributed by atoms with Gasteiger partial charge < -0.3 is 0 Å². The Morgan fingerprint density at radius 3 is 1.78 bits per heavy atom. The maximum absolute atomic E-state index is 14.2. The van der Waals surface area contributed by atoms with Gasteiger partial charge in [0.05, 0.1) is 0 Å². The summed E-state index contributed by atoms with van der Waals surface area (Å²) >= 11 is 0. The smallest absolute Gasteiger partial charge is 0.206 e. The molecule has 0 unspecified atom stereocenters. The second-order valence-corrected chi connectivity index (χ2v) is 8.40. The standard InChI is InChI=1S/C22H27F5/c1-14-2-4-15(5-3-14)16-6-8-17(9-7-16)18-12-20(23)19(21(24)13-18)10-11-22(25,26)27/h10-17H,2-9H2,1H3/b11-10+. The third-order valence-corrected chi connectivity index (χ3v) is 6.51. The van der Waals surface area contributed by atoms with E-state index < -0.39 is 23.4 Å². The van der Waals surface area contributed by atoms with Crippen molar-refractivity contribution >= 4 is 6.08 Å². The maximum Gasteiger partial charge on any atom is 0.409 e. The lowest BCUT2D eigenvalue weighted by molar-refractivity contribution is -0.0790. The first-order valence-corrected chi connectivity index (χ1v) is 9.98. The first-order valence-electron chi connectivity index (χ1n) is 9.98. The molecule has 2 fully saturated rings. The Morgan fingerprint density at radius 2 is 1.30 bits per heavy atom. The van der Waals surface area contributed by atoms with Crippen LogP contribution in [0.5, 0.6) is 0 Å². The van der Waals surface area contributed by atoms with Gasteiger partial charge in [-0.3, -0.25) is 0 Å². The summed E-state index contributed by atoms with van der Waals surface area (Å²) in [5.74, 6) is 0.563. The highest BCUT2D eigenvalue weighted by atomic mass is 19.4. The average molecular weight is 386 g/mol. The normalized spacial score (nSPS) is 30.0. The highest BCUT2D eigenvalue weighted by Crippen LogP contribution is 2.44. The fourth-order valence-electron chi connectivity index (χ4n) is 4.86. The van der Waals surface area contributed by atoms with Gasteiger partial charge >= 0.3 is 6.18 Å². The van der Waals surface area contributed by atoms with Gasteiger partial charge in [0.2, 0.25) is 0 Å². The van der Waals surface area contributed by atoms with Crippen molar-refractivity contribution < 1.29 is 22.0 Å². The molecule has 27 heavy (non-hydrogen) atoms. The Hall–Kier alpha value is -1.39. The average Bonchev–Trinajstić information content (AvgIpc) is 2.61. The quantitative estimate of drug-likeness (QED) is 0.468. The van der Waals surface area contributed by atoms with Crippen LogP contribution >= 0.6 is 0 Å². The van der Waals surface area contributed by atoms with Gasteiger partial charge in [0.25, 0.3) is 0 Å².